The fourth-order valence-electron chi connectivity index (χ4n) is 2.78. The summed E-state index contributed by atoms with van der Waals surface area (Å²) in [6.45, 7) is 5.54. The minimum atomic E-state index is -5.02. The molecule has 170 valence electrons. The second kappa shape index (κ2) is 8.29. The molecule has 0 atom stereocenters. The highest BCUT2D eigenvalue weighted by Crippen LogP contribution is 2.40. The maximum absolute atomic E-state index is 13.5. The van der Waals surface area contributed by atoms with Crippen molar-refractivity contribution in [1.82, 2.24) is 15.0 Å². The number of aromatic nitrogens is 3. The van der Waals surface area contributed by atoms with Gasteiger partial charge in [-0.05, 0) is 51.1 Å². The average Bonchev–Trinajstić information content (AvgIpc) is 2.65. The van der Waals surface area contributed by atoms with Gasteiger partial charge in [0.05, 0.1) is 22.5 Å². The summed E-state index contributed by atoms with van der Waals surface area (Å²) >= 11 is 0. The molecule has 0 saturated heterocycles. The van der Waals surface area contributed by atoms with Crippen molar-refractivity contribution in [2.24, 2.45) is 0 Å². The zero-order valence-corrected chi connectivity index (χ0v) is 17.2. The number of benzene rings is 1. The van der Waals surface area contributed by atoms with Gasteiger partial charge in [0.15, 0.2) is 0 Å². The molecule has 2 aromatic heterocycles. The van der Waals surface area contributed by atoms with Gasteiger partial charge in [-0.2, -0.15) is 31.3 Å². The van der Waals surface area contributed by atoms with Gasteiger partial charge in [0.1, 0.15) is 5.82 Å². The third kappa shape index (κ3) is 5.86. The number of pyridine rings is 1. The van der Waals surface area contributed by atoms with Crippen LogP contribution in [0.25, 0.3) is 11.3 Å². The summed E-state index contributed by atoms with van der Waals surface area (Å²) in [6, 6.07) is 6.11. The minimum Gasteiger partial charge on any atom is -0.350 e. The van der Waals surface area contributed by atoms with Crippen LogP contribution in [0.15, 0.2) is 48.8 Å². The second-order valence-corrected chi connectivity index (χ2v) is 7.95. The van der Waals surface area contributed by atoms with E-state index in [4.69, 9.17) is 0 Å². The zero-order valence-electron chi connectivity index (χ0n) is 17.2. The van der Waals surface area contributed by atoms with Gasteiger partial charge in [-0.15, -0.1) is 0 Å². The Balaban J connectivity index is 2.09. The van der Waals surface area contributed by atoms with E-state index >= 15 is 0 Å². The number of alkyl halides is 6. The monoisotopic (exact) mass is 455 g/mol. The van der Waals surface area contributed by atoms with Gasteiger partial charge in [0, 0.05) is 29.6 Å². The number of hydrogen-bond donors (Lipinski definition) is 2. The summed E-state index contributed by atoms with van der Waals surface area (Å²) in [5.41, 5.74) is -2.86. The van der Waals surface area contributed by atoms with Crippen molar-refractivity contribution >= 4 is 17.5 Å². The van der Waals surface area contributed by atoms with E-state index in [2.05, 4.69) is 25.6 Å². The fourth-order valence-corrected chi connectivity index (χ4v) is 2.78. The molecule has 2 heterocycles. The maximum atomic E-state index is 13.5. The van der Waals surface area contributed by atoms with Crippen LogP contribution in [0.5, 0.6) is 0 Å². The van der Waals surface area contributed by atoms with Crippen LogP contribution >= 0.6 is 0 Å². The van der Waals surface area contributed by atoms with Gasteiger partial charge >= 0.3 is 12.4 Å². The van der Waals surface area contributed by atoms with Crippen LogP contribution in [-0.4, -0.2) is 20.5 Å². The summed E-state index contributed by atoms with van der Waals surface area (Å²) in [7, 11) is 0. The van der Waals surface area contributed by atoms with Crippen molar-refractivity contribution in [2.75, 3.05) is 10.6 Å². The lowest BCUT2D eigenvalue weighted by Gasteiger charge is -2.22. The number of nitrogens with one attached hydrogen (secondary N) is 2. The van der Waals surface area contributed by atoms with E-state index in [9.17, 15) is 26.3 Å². The SMILES string of the molecule is CC(C)(C)Nc1nc(Nc2ccc(C(F)(F)F)cc2C(F)(F)F)cc(-c2ccncc2)n1. The van der Waals surface area contributed by atoms with E-state index in [0.717, 1.165) is 6.07 Å². The molecule has 0 fully saturated rings. The maximum Gasteiger partial charge on any atom is 0.418 e. The molecule has 5 nitrogen and oxygen atoms in total. The number of anilines is 3. The molecule has 0 aliphatic carbocycles. The lowest BCUT2D eigenvalue weighted by Crippen LogP contribution is -2.27. The summed E-state index contributed by atoms with van der Waals surface area (Å²) in [5.74, 6) is 0.110. The lowest BCUT2D eigenvalue weighted by atomic mass is 10.1. The molecule has 0 aliphatic rings. The van der Waals surface area contributed by atoms with Crippen LogP contribution in [-0.2, 0) is 12.4 Å². The summed E-state index contributed by atoms with van der Waals surface area (Å²) in [4.78, 5) is 12.5. The Hall–Kier alpha value is -3.37. The van der Waals surface area contributed by atoms with Crippen molar-refractivity contribution in [2.45, 2.75) is 38.7 Å². The van der Waals surface area contributed by atoms with Crippen molar-refractivity contribution in [3.8, 4) is 11.3 Å². The zero-order chi connectivity index (χ0) is 23.7. The van der Waals surface area contributed by atoms with Gasteiger partial charge in [-0.25, -0.2) is 4.98 Å². The topological polar surface area (TPSA) is 62.7 Å². The third-order valence-corrected chi connectivity index (χ3v) is 4.10. The summed E-state index contributed by atoms with van der Waals surface area (Å²) in [6.07, 6.45) is -6.87. The fraction of sp³-hybridized carbons (Fsp3) is 0.286. The Labute approximate surface area is 179 Å². The van der Waals surface area contributed by atoms with Gasteiger partial charge in [-0.3, -0.25) is 4.98 Å². The molecule has 3 aromatic rings. The molecule has 0 unspecified atom stereocenters. The predicted molar refractivity (Wildman–Crippen MR) is 108 cm³/mol. The average molecular weight is 455 g/mol. The molecule has 0 spiro atoms. The molecule has 0 amide bonds. The minimum absolute atomic E-state index is 0.0242. The largest absolute Gasteiger partial charge is 0.418 e. The van der Waals surface area contributed by atoms with E-state index in [-0.39, 0.29) is 17.8 Å². The first kappa shape index (κ1) is 23.3. The van der Waals surface area contributed by atoms with Crippen molar-refractivity contribution in [3.05, 3.63) is 59.9 Å². The van der Waals surface area contributed by atoms with Crippen LogP contribution in [0.3, 0.4) is 0 Å². The van der Waals surface area contributed by atoms with Crippen LogP contribution in [0.4, 0.5) is 43.8 Å². The molecule has 32 heavy (non-hydrogen) atoms. The number of rotatable bonds is 4. The first-order valence-corrected chi connectivity index (χ1v) is 9.35. The van der Waals surface area contributed by atoms with Crippen LogP contribution in [0, 0.1) is 0 Å². The van der Waals surface area contributed by atoms with E-state index in [1.54, 1.807) is 12.1 Å². The number of hydrogen-bond acceptors (Lipinski definition) is 5. The molecular formula is C21H19F6N5. The van der Waals surface area contributed by atoms with E-state index in [0.29, 0.717) is 17.3 Å². The number of halogens is 6. The first-order valence-electron chi connectivity index (χ1n) is 9.35. The third-order valence-electron chi connectivity index (χ3n) is 4.10. The smallest absolute Gasteiger partial charge is 0.350 e. The highest BCUT2D eigenvalue weighted by molar-refractivity contribution is 5.69. The Morgan fingerprint density at radius 1 is 0.781 bits per heavy atom. The van der Waals surface area contributed by atoms with Gasteiger partial charge in [0.25, 0.3) is 0 Å². The van der Waals surface area contributed by atoms with Crippen molar-refractivity contribution in [3.63, 3.8) is 0 Å². The highest BCUT2D eigenvalue weighted by atomic mass is 19.4. The van der Waals surface area contributed by atoms with Crippen LogP contribution in [0.1, 0.15) is 31.9 Å². The van der Waals surface area contributed by atoms with Gasteiger partial charge in [-0.1, -0.05) is 0 Å². The van der Waals surface area contributed by atoms with Crippen molar-refractivity contribution in [1.29, 1.82) is 0 Å². The predicted octanol–water partition coefficient (Wildman–Crippen LogP) is 6.53. The quantitative estimate of drug-likeness (QED) is 0.438. The second-order valence-electron chi connectivity index (χ2n) is 7.95. The molecule has 1 aromatic carbocycles. The number of nitrogens with zero attached hydrogens (tertiary/aromatic N) is 3. The highest BCUT2D eigenvalue weighted by Gasteiger charge is 2.38. The molecule has 11 heteroatoms. The molecule has 0 bridgehead atoms. The standard InChI is InChI=1S/C21H19F6N5/c1-19(2,3)32-18-30-16(12-6-8-28-9-7-12)11-17(31-18)29-15-5-4-13(20(22,23)24)10-14(15)21(25,26)27/h4-11H,1-3H3,(H2,29,30,31,32). The van der Waals surface area contributed by atoms with Gasteiger partial charge in [0.2, 0.25) is 5.95 Å². The van der Waals surface area contributed by atoms with E-state index in [1.165, 1.54) is 18.5 Å². The van der Waals surface area contributed by atoms with Crippen LogP contribution < -0.4 is 10.6 Å². The van der Waals surface area contributed by atoms with Gasteiger partial charge < -0.3 is 10.6 Å². The van der Waals surface area contributed by atoms with E-state index in [1.807, 2.05) is 20.8 Å². The first-order chi connectivity index (χ1) is 14.7. The lowest BCUT2D eigenvalue weighted by molar-refractivity contribution is -0.142. The Bertz CT molecular complexity index is 1090. The molecule has 0 radical (unpaired) electrons. The molecule has 3 rings (SSSR count). The Morgan fingerprint density at radius 2 is 1.44 bits per heavy atom. The normalized spacial score (nSPS) is 12.5. The molecule has 0 saturated carbocycles. The van der Waals surface area contributed by atoms with E-state index < -0.39 is 34.7 Å². The Morgan fingerprint density at radius 3 is 2.00 bits per heavy atom. The van der Waals surface area contributed by atoms with Crippen molar-refractivity contribution < 1.29 is 26.3 Å². The van der Waals surface area contributed by atoms with Crippen LogP contribution in [0.2, 0.25) is 0 Å². The molecule has 2 N–H and O–H groups in total. The summed E-state index contributed by atoms with van der Waals surface area (Å²) in [5, 5.41) is 5.54. The Kier molecular flexibility index (Phi) is 6.03. The molecule has 0 aliphatic heterocycles. The summed E-state index contributed by atoms with van der Waals surface area (Å²) < 4.78 is 79.3. The molecular weight excluding hydrogens is 436 g/mol.